The molecule has 4 nitrogen and oxygen atoms in total. The van der Waals surface area contributed by atoms with Crippen LogP contribution in [-0.2, 0) is 4.74 Å². The highest BCUT2D eigenvalue weighted by atomic mass is 16.5. The lowest BCUT2D eigenvalue weighted by Gasteiger charge is -2.24. The third-order valence-corrected chi connectivity index (χ3v) is 3.38. The van der Waals surface area contributed by atoms with Gasteiger partial charge in [-0.2, -0.15) is 0 Å². The fraction of sp³-hybridized carbons (Fsp3) is 0.357. The van der Waals surface area contributed by atoms with E-state index in [1.165, 1.54) is 0 Å². The van der Waals surface area contributed by atoms with Crippen molar-refractivity contribution in [3.63, 3.8) is 0 Å². The monoisotopic (exact) mass is 243 g/mol. The van der Waals surface area contributed by atoms with Crippen molar-refractivity contribution in [2.45, 2.75) is 18.9 Å². The lowest BCUT2D eigenvalue weighted by molar-refractivity contribution is 0.0905. The summed E-state index contributed by atoms with van der Waals surface area (Å²) in [4.78, 5) is 4.43. The van der Waals surface area contributed by atoms with Crippen LogP contribution < -0.4 is 11.1 Å². The van der Waals surface area contributed by atoms with Crippen molar-refractivity contribution in [3.8, 4) is 0 Å². The van der Waals surface area contributed by atoms with Gasteiger partial charge in [-0.25, -0.2) is 0 Å². The van der Waals surface area contributed by atoms with Gasteiger partial charge in [0.2, 0.25) is 0 Å². The molecule has 1 aliphatic rings. The van der Waals surface area contributed by atoms with Gasteiger partial charge in [0, 0.05) is 36.5 Å². The number of ether oxygens (including phenoxy) is 1. The molecule has 1 aliphatic heterocycles. The van der Waals surface area contributed by atoms with Crippen molar-refractivity contribution < 1.29 is 4.74 Å². The SMILES string of the molecule is Nc1ccc(NC2CCOCC2)c2ncccc12. The molecular formula is C14H17N3O. The van der Waals surface area contributed by atoms with Crippen molar-refractivity contribution in [2.75, 3.05) is 24.3 Å². The fourth-order valence-electron chi connectivity index (χ4n) is 2.37. The zero-order valence-corrected chi connectivity index (χ0v) is 10.2. The maximum absolute atomic E-state index is 5.97. The van der Waals surface area contributed by atoms with Crippen LogP contribution in [0, 0.1) is 0 Å². The lowest BCUT2D eigenvalue weighted by atomic mass is 10.1. The number of hydrogen-bond donors (Lipinski definition) is 2. The molecule has 0 aliphatic carbocycles. The Morgan fingerprint density at radius 2 is 2.06 bits per heavy atom. The van der Waals surface area contributed by atoms with Crippen LogP contribution in [0.4, 0.5) is 11.4 Å². The van der Waals surface area contributed by atoms with Crippen molar-refractivity contribution in [2.24, 2.45) is 0 Å². The van der Waals surface area contributed by atoms with E-state index in [-0.39, 0.29) is 0 Å². The van der Waals surface area contributed by atoms with Gasteiger partial charge in [0.25, 0.3) is 0 Å². The number of nitrogen functional groups attached to an aromatic ring is 1. The Balaban J connectivity index is 1.94. The highest BCUT2D eigenvalue weighted by molar-refractivity contribution is 5.98. The Bertz CT molecular complexity index is 550. The van der Waals surface area contributed by atoms with Crippen molar-refractivity contribution in [3.05, 3.63) is 30.5 Å². The molecule has 94 valence electrons. The van der Waals surface area contributed by atoms with Crippen LogP contribution >= 0.6 is 0 Å². The second kappa shape index (κ2) is 4.82. The molecule has 2 aromatic rings. The molecule has 2 heterocycles. The van der Waals surface area contributed by atoms with E-state index in [1.54, 1.807) is 6.20 Å². The predicted octanol–water partition coefficient (Wildman–Crippen LogP) is 2.41. The summed E-state index contributed by atoms with van der Waals surface area (Å²) in [5.74, 6) is 0. The fourth-order valence-corrected chi connectivity index (χ4v) is 2.37. The number of rotatable bonds is 2. The largest absolute Gasteiger partial charge is 0.398 e. The summed E-state index contributed by atoms with van der Waals surface area (Å²) in [7, 11) is 0. The van der Waals surface area contributed by atoms with Gasteiger partial charge in [0.1, 0.15) is 0 Å². The summed E-state index contributed by atoms with van der Waals surface area (Å²) in [5, 5.41) is 4.56. The van der Waals surface area contributed by atoms with Gasteiger partial charge in [-0.3, -0.25) is 4.98 Å². The summed E-state index contributed by atoms with van der Waals surface area (Å²) in [6, 6.07) is 8.34. The molecular weight excluding hydrogens is 226 g/mol. The smallest absolute Gasteiger partial charge is 0.0953 e. The number of aromatic nitrogens is 1. The normalized spacial score (nSPS) is 16.9. The quantitative estimate of drug-likeness (QED) is 0.795. The van der Waals surface area contributed by atoms with Crippen molar-refractivity contribution in [1.82, 2.24) is 4.98 Å². The second-order valence-corrected chi connectivity index (χ2v) is 4.63. The number of pyridine rings is 1. The highest BCUT2D eigenvalue weighted by Gasteiger charge is 2.15. The first kappa shape index (κ1) is 11.3. The van der Waals surface area contributed by atoms with Gasteiger partial charge < -0.3 is 15.8 Å². The first-order valence-corrected chi connectivity index (χ1v) is 6.32. The molecule has 1 aromatic heterocycles. The first-order valence-electron chi connectivity index (χ1n) is 6.32. The van der Waals surface area contributed by atoms with Crippen molar-refractivity contribution in [1.29, 1.82) is 0 Å². The molecule has 1 aromatic carbocycles. The summed E-state index contributed by atoms with van der Waals surface area (Å²) >= 11 is 0. The van der Waals surface area contributed by atoms with Gasteiger partial charge in [0.05, 0.1) is 11.2 Å². The Morgan fingerprint density at radius 1 is 1.22 bits per heavy atom. The number of benzene rings is 1. The van der Waals surface area contributed by atoms with Crippen LogP contribution in [0.15, 0.2) is 30.5 Å². The summed E-state index contributed by atoms with van der Waals surface area (Å²) in [6.07, 6.45) is 3.88. The zero-order valence-electron chi connectivity index (χ0n) is 10.2. The molecule has 0 unspecified atom stereocenters. The van der Waals surface area contributed by atoms with Gasteiger partial charge in [-0.15, -0.1) is 0 Å². The maximum atomic E-state index is 5.97. The van der Waals surface area contributed by atoms with Crippen LogP contribution in [0.25, 0.3) is 10.9 Å². The Kier molecular flexibility index (Phi) is 3.02. The van der Waals surface area contributed by atoms with E-state index >= 15 is 0 Å². The minimum absolute atomic E-state index is 0.465. The van der Waals surface area contributed by atoms with Gasteiger partial charge in [-0.1, -0.05) is 0 Å². The molecule has 1 saturated heterocycles. The lowest BCUT2D eigenvalue weighted by Crippen LogP contribution is -2.27. The van der Waals surface area contributed by atoms with E-state index in [0.29, 0.717) is 6.04 Å². The maximum Gasteiger partial charge on any atom is 0.0953 e. The highest BCUT2D eigenvalue weighted by Crippen LogP contribution is 2.27. The van der Waals surface area contributed by atoms with Gasteiger partial charge in [0.15, 0.2) is 0 Å². The van der Waals surface area contributed by atoms with E-state index in [2.05, 4.69) is 10.3 Å². The molecule has 0 spiro atoms. The minimum Gasteiger partial charge on any atom is -0.398 e. The van der Waals surface area contributed by atoms with Crippen LogP contribution in [0.1, 0.15) is 12.8 Å². The molecule has 18 heavy (non-hydrogen) atoms. The minimum atomic E-state index is 0.465. The standard InChI is InChI=1S/C14H17N3O/c15-12-3-4-13(14-11(12)2-1-7-16-14)17-10-5-8-18-9-6-10/h1-4,7,10,17H,5-6,8-9,15H2. The van der Waals surface area contributed by atoms with E-state index < -0.39 is 0 Å². The van der Waals surface area contributed by atoms with Crippen LogP contribution in [-0.4, -0.2) is 24.2 Å². The molecule has 4 heteroatoms. The van der Waals surface area contributed by atoms with Crippen molar-refractivity contribution >= 4 is 22.3 Å². The van der Waals surface area contributed by atoms with Crippen LogP contribution in [0.2, 0.25) is 0 Å². The Morgan fingerprint density at radius 3 is 2.89 bits per heavy atom. The number of fused-ring (bicyclic) bond motifs is 1. The zero-order chi connectivity index (χ0) is 12.4. The molecule has 1 fully saturated rings. The molecule has 0 amide bonds. The average molecular weight is 243 g/mol. The topological polar surface area (TPSA) is 60.2 Å². The Hall–Kier alpha value is -1.81. The number of nitrogens with two attached hydrogens (primary N) is 1. The second-order valence-electron chi connectivity index (χ2n) is 4.63. The third kappa shape index (κ3) is 2.11. The molecule has 3 N–H and O–H groups in total. The van der Waals surface area contributed by atoms with Crippen LogP contribution in [0.3, 0.4) is 0 Å². The summed E-state index contributed by atoms with van der Waals surface area (Å²) in [5.41, 5.74) is 8.75. The first-order chi connectivity index (χ1) is 8.84. The average Bonchev–Trinajstić information content (AvgIpc) is 2.44. The molecule has 0 radical (unpaired) electrons. The third-order valence-electron chi connectivity index (χ3n) is 3.38. The van der Waals surface area contributed by atoms with E-state index in [1.807, 2.05) is 24.3 Å². The van der Waals surface area contributed by atoms with E-state index in [0.717, 1.165) is 48.3 Å². The van der Waals surface area contributed by atoms with E-state index in [9.17, 15) is 0 Å². The van der Waals surface area contributed by atoms with E-state index in [4.69, 9.17) is 10.5 Å². The number of nitrogens with zero attached hydrogens (tertiary/aromatic N) is 1. The molecule has 0 bridgehead atoms. The molecule has 0 saturated carbocycles. The number of nitrogens with one attached hydrogen (secondary N) is 1. The number of hydrogen-bond acceptors (Lipinski definition) is 4. The molecule has 3 rings (SSSR count). The van der Waals surface area contributed by atoms with Crippen LogP contribution in [0.5, 0.6) is 0 Å². The summed E-state index contributed by atoms with van der Waals surface area (Å²) in [6.45, 7) is 1.66. The number of anilines is 2. The Labute approximate surface area is 106 Å². The van der Waals surface area contributed by atoms with Gasteiger partial charge >= 0.3 is 0 Å². The molecule has 0 atom stereocenters. The van der Waals surface area contributed by atoms with Gasteiger partial charge in [-0.05, 0) is 37.1 Å². The predicted molar refractivity (Wildman–Crippen MR) is 73.6 cm³/mol. The summed E-state index contributed by atoms with van der Waals surface area (Å²) < 4.78 is 5.37.